The summed E-state index contributed by atoms with van der Waals surface area (Å²) in [5.74, 6) is -1.34. The monoisotopic (exact) mass is 343 g/mol. The molecule has 1 heterocycles. The number of hydrogen-bond donors (Lipinski definition) is 2. The molecule has 1 aromatic carbocycles. The number of amides is 2. The molecule has 25 heavy (non-hydrogen) atoms. The normalized spacial score (nSPS) is 10.4. The maximum Gasteiger partial charge on any atom is 0.355 e. The van der Waals surface area contributed by atoms with E-state index in [0.29, 0.717) is 33.8 Å². The van der Waals surface area contributed by atoms with Gasteiger partial charge in [0, 0.05) is 24.0 Å². The summed E-state index contributed by atoms with van der Waals surface area (Å²) in [6.07, 6.45) is 0. The van der Waals surface area contributed by atoms with E-state index >= 15 is 0 Å². The van der Waals surface area contributed by atoms with Gasteiger partial charge in [-0.1, -0.05) is 0 Å². The van der Waals surface area contributed by atoms with Crippen molar-refractivity contribution in [2.24, 2.45) is 12.8 Å². The van der Waals surface area contributed by atoms with Crippen LogP contribution in [-0.4, -0.2) is 29.0 Å². The van der Waals surface area contributed by atoms with Gasteiger partial charge in [0.1, 0.15) is 5.69 Å². The minimum atomic E-state index is -0.535. The summed E-state index contributed by atoms with van der Waals surface area (Å²) >= 11 is 0. The van der Waals surface area contributed by atoms with Crippen LogP contribution in [-0.2, 0) is 11.8 Å². The molecular formula is C18H21N3O4. The number of nitrogens with two attached hydrogens (primary N) is 1. The molecule has 0 aliphatic rings. The van der Waals surface area contributed by atoms with Crippen molar-refractivity contribution in [2.75, 3.05) is 11.9 Å². The zero-order valence-corrected chi connectivity index (χ0v) is 14.7. The van der Waals surface area contributed by atoms with E-state index in [9.17, 15) is 14.4 Å². The SMILES string of the molecule is CCOC(=O)c1c(C)c(C(=O)Nc2ccc(C(N)=O)cc2)c(C)n1C. The van der Waals surface area contributed by atoms with Crippen LogP contribution in [0.3, 0.4) is 0 Å². The molecule has 2 amide bonds. The zero-order valence-electron chi connectivity index (χ0n) is 14.7. The second-order valence-electron chi connectivity index (χ2n) is 5.61. The number of nitrogens with one attached hydrogen (secondary N) is 1. The molecule has 0 unspecified atom stereocenters. The van der Waals surface area contributed by atoms with E-state index in [4.69, 9.17) is 10.5 Å². The first-order chi connectivity index (χ1) is 11.8. The van der Waals surface area contributed by atoms with Gasteiger partial charge in [0.2, 0.25) is 5.91 Å². The predicted molar refractivity (Wildman–Crippen MR) is 93.8 cm³/mol. The number of anilines is 1. The van der Waals surface area contributed by atoms with E-state index in [2.05, 4.69) is 5.32 Å². The smallest absolute Gasteiger partial charge is 0.355 e. The Kier molecular flexibility index (Phi) is 5.26. The second kappa shape index (κ2) is 7.21. The highest BCUT2D eigenvalue weighted by Crippen LogP contribution is 2.23. The minimum absolute atomic E-state index is 0.260. The number of carbonyl (C=O) groups is 3. The van der Waals surface area contributed by atoms with Gasteiger partial charge in [0.25, 0.3) is 5.91 Å². The zero-order chi connectivity index (χ0) is 18.7. The lowest BCUT2D eigenvalue weighted by molar-refractivity contribution is 0.0514. The number of nitrogens with zero attached hydrogens (tertiary/aromatic N) is 1. The molecule has 0 spiro atoms. The summed E-state index contributed by atoms with van der Waals surface area (Å²) in [5, 5.41) is 2.76. The summed E-state index contributed by atoms with van der Waals surface area (Å²) in [7, 11) is 1.72. The maximum atomic E-state index is 12.7. The molecule has 0 saturated heterocycles. The first-order valence-electron chi connectivity index (χ1n) is 7.82. The lowest BCUT2D eigenvalue weighted by Crippen LogP contribution is -2.15. The highest BCUT2D eigenvalue weighted by Gasteiger charge is 2.25. The molecule has 7 heteroatoms. The number of hydrogen-bond acceptors (Lipinski definition) is 4. The maximum absolute atomic E-state index is 12.7. The average molecular weight is 343 g/mol. The van der Waals surface area contributed by atoms with Crippen LogP contribution in [0, 0.1) is 13.8 Å². The molecule has 1 aromatic heterocycles. The highest BCUT2D eigenvalue weighted by atomic mass is 16.5. The number of ether oxygens (including phenoxy) is 1. The fourth-order valence-electron chi connectivity index (χ4n) is 2.71. The van der Waals surface area contributed by atoms with Gasteiger partial charge in [0.15, 0.2) is 0 Å². The molecule has 0 fully saturated rings. The van der Waals surface area contributed by atoms with E-state index in [1.165, 1.54) is 12.1 Å². The van der Waals surface area contributed by atoms with Gasteiger partial charge in [-0.3, -0.25) is 9.59 Å². The molecule has 0 bridgehead atoms. The number of carbonyl (C=O) groups excluding carboxylic acids is 3. The van der Waals surface area contributed by atoms with Crippen molar-refractivity contribution in [1.29, 1.82) is 0 Å². The van der Waals surface area contributed by atoms with Crippen LogP contribution in [0.2, 0.25) is 0 Å². The van der Waals surface area contributed by atoms with Crippen LogP contribution in [0.4, 0.5) is 5.69 Å². The molecule has 7 nitrogen and oxygen atoms in total. The lowest BCUT2D eigenvalue weighted by atomic mass is 10.1. The number of primary amides is 1. The Labute approximate surface area is 145 Å². The van der Waals surface area contributed by atoms with Gasteiger partial charge >= 0.3 is 5.97 Å². The Bertz CT molecular complexity index is 835. The van der Waals surface area contributed by atoms with Crippen LogP contribution in [0.5, 0.6) is 0 Å². The van der Waals surface area contributed by atoms with E-state index in [1.54, 1.807) is 44.5 Å². The fraction of sp³-hybridized carbons (Fsp3) is 0.278. The first kappa shape index (κ1) is 18.3. The Hall–Kier alpha value is -3.09. The standard InChI is InChI=1S/C18H21N3O4/c1-5-25-18(24)15-10(2)14(11(3)21(15)4)17(23)20-13-8-6-12(7-9-13)16(19)22/h6-9H,5H2,1-4H3,(H2,19,22)(H,20,23). The summed E-state index contributed by atoms with van der Waals surface area (Å²) in [6, 6.07) is 6.26. The van der Waals surface area contributed by atoms with Gasteiger partial charge < -0.3 is 20.4 Å². The third-order valence-electron chi connectivity index (χ3n) is 4.05. The molecule has 0 saturated carbocycles. The van der Waals surface area contributed by atoms with Crippen LogP contribution in [0.25, 0.3) is 0 Å². The van der Waals surface area contributed by atoms with Crippen molar-refractivity contribution in [3.05, 3.63) is 52.3 Å². The predicted octanol–water partition coefficient (Wildman–Crippen LogP) is 2.17. The Balaban J connectivity index is 2.32. The van der Waals surface area contributed by atoms with Crippen molar-refractivity contribution in [2.45, 2.75) is 20.8 Å². The Morgan fingerprint density at radius 2 is 1.76 bits per heavy atom. The summed E-state index contributed by atoms with van der Waals surface area (Å²) < 4.78 is 6.71. The minimum Gasteiger partial charge on any atom is -0.461 e. The van der Waals surface area contributed by atoms with Crippen LogP contribution < -0.4 is 11.1 Å². The van der Waals surface area contributed by atoms with Gasteiger partial charge in [-0.25, -0.2) is 4.79 Å². The topological polar surface area (TPSA) is 103 Å². The highest BCUT2D eigenvalue weighted by molar-refractivity contribution is 6.08. The largest absolute Gasteiger partial charge is 0.461 e. The molecule has 0 atom stereocenters. The summed E-state index contributed by atoms with van der Waals surface area (Å²) in [6.45, 7) is 5.47. The van der Waals surface area contributed by atoms with Crippen molar-refractivity contribution in [3.63, 3.8) is 0 Å². The van der Waals surface area contributed by atoms with Gasteiger partial charge in [-0.15, -0.1) is 0 Å². The van der Waals surface area contributed by atoms with Gasteiger partial charge in [-0.2, -0.15) is 0 Å². The van der Waals surface area contributed by atoms with Gasteiger partial charge in [0.05, 0.1) is 12.2 Å². The van der Waals surface area contributed by atoms with Crippen molar-refractivity contribution >= 4 is 23.5 Å². The molecule has 0 aliphatic carbocycles. The number of benzene rings is 1. The molecule has 2 rings (SSSR count). The lowest BCUT2D eigenvalue weighted by Gasteiger charge is -2.07. The fourth-order valence-corrected chi connectivity index (χ4v) is 2.71. The first-order valence-corrected chi connectivity index (χ1v) is 7.82. The quantitative estimate of drug-likeness (QED) is 0.812. The average Bonchev–Trinajstić information content (AvgIpc) is 2.77. The summed E-state index contributed by atoms with van der Waals surface area (Å²) in [4.78, 5) is 35.9. The van der Waals surface area contributed by atoms with E-state index in [-0.39, 0.29) is 12.5 Å². The van der Waals surface area contributed by atoms with Crippen LogP contribution >= 0.6 is 0 Å². The molecule has 2 aromatic rings. The van der Waals surface area contributed by atoms with Gasteiger partial charge in [-0.05, 0) is 50.6 Å². The van der Waals surface area contributed by atoms with Crippen LogP contribution in [0.1, 0.15) is 49.4 Å². The van der Waals surface area contributed by atoms with Crippen molar-refractivity contribution in [3.8, 4) is 0 Å². The number of rotatable bonds is 5. The number of aromatic nitrogens is 1. The molecule has 3 N–H and O–H groups in total. The Morgan fingerprint density at radius 3 is 2.28 bits per heavy atom. The third-order valence-corrected chi connectivity index (χ3v) is 4.05. The second-order valence-corrected chi connectivity index (χ2v) is 5.61. The van der Waals surface area contributed by atoms with Crippen molar-refractivity contribution in [1.82, 2.24) is 4.57 Å². The third kappa shape index (κ3) is 3.55. The molecule has 132 valence electrons. The molecule has 0 radical (unpaired) electrons. The molecule has 0 aliphatic heterocycles. The van der Waals surface area contributed by atoms with E-state index in [0.717, 1.165) is 0 Å². The number of esters is 1. The molecular weight excluding hydrogens is 322 g/mol. The summed E-state index contributed by atoms with van der Waals surface area (Å²) in [5.41, 5.74) is 8.07. The van der Waals surface area contributed by atoms with Crippen molar-refractivity contribution < 1.29 is 19.1 Å². The Morgan fingerprint density at radius 1 is 1.16 bits per heavy atom. The van der Waals surface area contributed by atoms with E-state index < -0.39 is 11.9 Å². The van der Waals surface area contributed by atoms with Crippen LogP contribution in [0.15, 0.2) is 24.3 Å². The van der Waals surface area contributed by atoms with E-state index in [1.807, 2.05) is 0 Å².